The first-order valence-corrected chi connectivity index (χ1v) is 7.54. The van der Waals surface area contributed by atoms with Crippen LogP contribution < -0.4 is 5.32 Å². The van der Waals surface area contributed by atoms with E-state index in [4.69, 9.17) is 4.74 Å². The van der Waals surface area contributed by atoms with Crippen LogP contribution in [0.5, 0.6) is 5.75 Å². The van der Waals surface area contributed by atoms with Crippen molar-refractivity contribution in [1.82, 2.24) is 15.1 Å². The van der Waals surface area contributed by atoms with Crippen LogP contribution in [0.15, 0.2) is 30.5 Å². The number of carbonyl (C=O) groups excluding carboxylic acids is 1. The first-order chi connectivity index (χ1) is 11.1. The molecule has 2 aromatic rings. The zero-order valence-corrected chi connectivity index (χ0v) is 12.7. The number of aromatic hydroxyl groups is 1. The van der Waals surface area contributed by atoms with Crippen LogP contribution in [0.3, 0.4) is 0 Å². The van der Waals surface area contributed by atoms with Crippen molar-refractivity contribution in [3.05, 3.63) is 42.0 Å². The predicted octanol–water partition coefficient (Wildman–Crippen LogP) is 2.01. The monoisotopic (exact) mass is 319 g/mol. The van der Waals surface area contributed by atoms with Crippen LogP contribution in [0.1, 0.15) is 30.3 Å². The van der Waals surface area contributed by atoms with E-state index in [0.717, 1.165) is 12.8 Å². The first-order valence-electron chi connectivity index (χ1n) is 7.54. The van der Waals surface area contributed by atoms with Crippen molar-refractivity contribution in [3.63, 3.8) is 0 Å². The predicted molar refractivity (Wildman–Crippen MR) is 81.1 cm³/mol. The number of halogens is 1. The van der Waals surface area contributed by atoms with Gasteiger partial charge in [0.2, 0.25) is 0 Å². The molecule has 0 unspecified atom stereocenters. The minimum atomic E-state index is -0.447. The Hall–Kier alpha value is -2.41. The van der Waals surface area contributed by atoms with Crippen LogP contribution in [-0.4, -0.2) is 39.5 Å². The molecule has 0 atom stereocenters. The molecular weight excluding hydrogens is 301 g/mol. The highest BCUT2D eigenvalue weighted by Crippen LogP contribution is 2.25. The Bertz CT molecular complexity index is 710. The van der Waals surface area contributed by atoms with Gasteiger partial charge in [0, 0.05) is 12.6 Å². The minimum absolute atomic E-state index is 0.0257. The van der Waals surface area contributed by atoms with Crippen LogP contribution in [0.25, 0.3) is 5.69 Å². The smallest absolute Gasteiger partial charge is 0.275 e. The van der Waals surface area contributed by atoms with Gasteiger partial charge in [0.15, 0.2) is 11.4 Å². The number of hydrogen-bond donors (Lipinski definition) is 2. The molecular formula is C16H18FN3O3. The largest absolute Gasteiger partial charge is 0.504 e. The molecule has 1 amide bonds. The van der Waals surface area contributed by atoms with Gasteiger partial charge in [-0.2, -0.15) is 5.10 Å². The van der Waals surface area contributed by atoms with Gasteiger partial charge in [-0.3, -0.25) is 4.79 Å². The molecule has 122 valence electrons. The molecule has 1 aromatic heterocycles. The van der Waals surface area contributed by atoms with E-state index in [0.29, 0.717) is 12.3 Å². The van der Waals surface area contributed by atoms with Gasteiger partial charge < -0.3 is 15.2 Å². The average molecular weight is 319 g/mol. The van der Waals surface area contributed by atoms with Crippen molar-refractivity contribution < 1.29 is 19.0 Å². The zero-order chi connectivity index (χ0) is 16.4. The minimum Gasteiger partial charge on any atom is -0.504 e. The number of hydrogen-bond acceptors (Lipinski definition) is 4. The van der Waals surface area contributed by atoms with Gasteiger partial charge in [0.25, 0.3) is 5.91 Å². The highest BCUT2D eigenvalue weighted by molar-refractivity contribution is 5.95. The number of rotatable bonds is 5. The Morgan fingerprint density at radius 2 is 2.30 bits per heavy atom. The summed E-state index contributed by atoms with van der Waals surface area (Å²) in [5, 5.41) is 16.8. The second-order valence-corrected chi connectivity index (χ2v) is 5.51. The zero-order valence-electron chi connectivity index (χ0n) is 12.7. The van der Waals surface area contributed by atoms with E-state index < -0.39 is 11.7 Å². The molecule has 1 fully saturated rings. The van der Waals surface area contributed by atoms with Crippen LogP contribution in [0, 0.1) is 5.82 Å². The lowest BCUT2D eigenvalue weighted by Gasteiger charge is -2.35. The summed E-state index contributed by atoms with van der Waals surface area (Å²) in [6, 6.07) is 5.78. The lowest BCUT2D eigenvalue weighted by atomic mass is 9.89. The molecule has 6 nitrogen and oxygen atoms in total. The van der Waals surface area contributed by atoms with Crippen molar-refractivity contribution in [3.8, 4) is 11.4 Å². The number of nitrogens with one attached hydrogen (secondary N) is 1. The summed E-state index contributed by atoms with van der Waals surface area (Å²) in [7, 11) is 0. The van der Waals surface area contributed by atoms with E-state index in [9.17, 15) is 14.3 Å². The lowest BCUT2D eigenvalue weighted by molar-refractivity contribution is -0.00868. The molecule has 1 aliphatic rings. The van der Waals surface area contributed by atoms with E-state index in [2.05, 4.69) is 10.4 Å². The molecule has 23 heavy (non-hydrogen) atoms. The highest BCUT2D eigenvalue weighted by atomic mass is 19.1. The molecule has 0 bridgehead atoms. The van der Waals surface area contributed by atoms with Crippen molar-refractivity contribution in [1.29, 1.82) is 0 Å². The van der Waals surface area contributed by atoms with Crippen molar-refractivity contribution in [2.24, 2.45) is 0 Å². The molecule has 0 aliphatic heterocycles. The molecule has 1 heterocycles. The van der Waals surface area contributed by atoms with Gasteiger partial charge in [0.1, 0.15) is 5.82 Å². The fourth-order valence-corrected chi connectivity index (χ4v) is 2.59. The van der Waals surface area contributed by atoms with Gasteiger partial charge >= 0.3 is 0 Å². The topological polar surface area (TPSA) is 76.4 Å². The van der Waals surface area contributed by atoms with Gasteiger partial charge in [-0.1, -0.05) is 6.07 Å². The summed E-state index contributed by atoms with van der Waals surface area (Å²) < 4.78 is 20.0. The van der Waals surface area contributed by atoms with Gasteiger partial charge in [-0.15, -0.1) is 0 Å². The highest BCUT2D eigenvalue weighted by Gasteiger charge is 2.32. The second-order valence-electron chi connectivity index (χ2n) is 5.51. The summed E-state index contributed by atoms with van der Waals surface area (Å²) in [6.45, 7) is 2.59. The summed E-state index contributed by atoms with van der Waals surface area (Å²) in [4.78, 5) is 12.2. The molecule has 2 N–H and O–H groups in total. The maximum Gasteiger partial charge on any atom is 0.275 e. The Labute approximate surface area is 132 Å². The maximum atomic E-state index is 13.2. The number of ether oxygens (including phenoxy) is 1. The number of nitrogens with zero attached hydrogens (tertiary/aromatic N) is 2. The fraction of sp³-hybridized carbons (Fsp3) is 0.375. The van der Waals surface area contributed by atoms with Gasteiger partial charge in [-0.25, -0.2) is 9.07 Å². The third kappa shape index (κ3) is 3.34. The van der Waals surface area contributed by atoms with E-state index >= 15 is 0 Å². The Kier molecular flexibility index (Phi) is 4.29. The molecule has 1 aliphatic carbocycles. The fourth-order valence-electron chi connectivity index (χ4n) is 2.59. The van der Waals surface area contributed by atoms with Crippen LogP contribution in [0.4, 0.5) is 4.39 Å². The number of aromatic nitrogens is 2. The summed E-state index contributed by atoms with van der Waals surface area (Å²) >= 11 is 0. The standard InChI is InChI=1S/C16H18FN3O3/c1-2-23-13-7-11(8-13)18-16(22)15-14(21)9-20(19-15)12-5-3-4-10(17)6-12/h3-6,9,11,13,21H,2,7-8H2,1H3,(H,18,22). The molecule has 0 spiro atoms. The second kappa shape index (κ2) is 6.37. The molecule has 0 radical (unpaired) electrons. The van der Waals surface area contributed by atoms with Crippen molar-refractivity contribution in [2.45, 2.75) is 31.9 Å². The van der Waals surface area contributed by atoms with Crippen LogP contribution in [0.2, 0.25) is 0 Å². The van der Waals surface area contributed by atoms with E-state index in [-0.39, 0.29) is 23.6 Å². The molecule has 3 rings (SSSR count). The third-order valence-electron chi connectivity index (χ3n) is 3.82. The normalized spacial score (nSPS) is 20.1. The summed E-state index contributed by atoms with van der Waals surface area (Å²) in [5.41, 5.74) is 0.355. The Balaban J connectivity index is 1.68. The first kappa shape index (κ1) is 15.5. The van der Waals surface area contributed by atoms with Crippen molar-refractivity contribution >= 4 is 5.91 Å². The lowest BCUT2D eigenvalue weighted by Crippen LogP contribution is -2.47. The van der Waals surface area contributed by atoms with Crippen LogP contribution in [-0.2, 0) is 4.74 Å². The third-order valence-corrected chi connectivity index (χ3v) is 3.82. The number of carbonyl (C=O) groups is 1. The molecule has 1 aromatic carbocycles. The molecule has 7 heteroatoms. The Morgan fingerprint density at radius 1 is 1.52 bits per heavy atom. The van der Waals surface area contributed by atoms with Crippen molar-refractivity contribution in [2.75, 3.05) is 6.61 Å². The summed E-state index contributed by atoms with van der Waals surface area (Å²) in [6.07, 6.45) is 2.98. The quantitative estimate of drug-likeness (QED) is 0.884. The Morgan fingerprint density at radius 3 is 3.00 bits per heavy atom. The van der Waals surface area contributed by atoms with Gasteiger partial charge in [-0.05, 0) is 38.0 Å². The van der Waals surface area contributed by atoms with E-state index in [1.165, 1.54) is 29.1 Å². The van der Waals surface area contributed by atoms with E-state index in [1.54, 1.807) is 6.07 Å². The van der Waals surface area contributed by atoms with E-state index in [1.807, 2.05) is 6.92 Å². The average Bonchev–Trinajstić information content (AvgIpc) is 2.87. The van der Waals surface area contributed by atoms with Crippen LogP contribution >= 0.6 is 0 Å². The number of amides is 1. The summed E-state index contributed by atoms with van der Waals surface area (Å²) in [5.74, 6) is -1.11. The van der Waals surface area contributed by atoms with Gasteiger partial charge in [0.05, 0.1) is 18.0 Å². The molecule has 1 saturated carbocycles. The number of benzene rings is 1. The molecule has 0 saturated heterocycles. The maximum absolute atomic E-state index is 13.2. The SMILES string of the molecule is CCOC1CC(NC(=O)c2nn(-c3cccc(F)c3)cc2O)C1.